The predicted molar refractivity (Wildman–Crippen MR) is 94.1 cm³/mol. The third-order valence-corrected chi connectivity index (χ3v) is 4.78. The van der Waals surface area contributed by atoms with E-state index >= 15 is 0 Å². The lowest BCUT2D eigenvalue weighted by molar-refractivity contribution is -0.229. The molecule has 4 rings (SSSR count). The molecule has 1 aromatic carbocycles. The number of hydrogen-bond acceptors (Lipinski definition) is 7. The van der Waals surface area contributed by atoms with Crippen LogP contribution in [0.1, 0.15) is 27.7 Å². The largest absolute Gasteiger partial charge is 0.495 e. The molecular weight excluding hydrogens is 354 g/mol. The molecule has 0 aromatic heterocycles. The average Bonchev–Trinajstić information content (AvgIpc) is 3.08. The Morgan fingerprint density at radius 1 is 0.963 bits per heavy atom. The smallest absolute Gasteiger partial charge is 0.256 e. The van der Waals surface area contributed by atoms with Gasteiger partial charge in [-0.15, -0.1) is 0 Å². The van der Waals surface area contributed by atoms with Gasteiger partial charge in [-0.3, -0.25) is 4.79 Å². The van der Waals surface area contributed by atoms with E-state index in [1.807, 2.05) is 12.1 Å². The first-order valence-electron chi connectivity index (χ1n) is 9.00. The SMILES string of the molecule is COc1ccccc1NC(=O)[C@H]1O[C@H]2OC(C)(C)O[C@@H]2[C@@H]2OC(C)(C)O[C@H]21. The topological polar surface area (TPSA) is 84.5 Å². The molecule has 1 amide bonds. The van der Waals surface area contributed by atoms with Crippen molar-refractivity contribution >= 4 is 11.6 Å². The zero-order valence-corrected chi connectivity index (χ0v) is 16.1. The molecule has 3 heterocycles. The molecule has 0 unspecified atom stereocenters. The molecule has 3 saturated heterocycles. The molecular formula is C19H25NO7. The van der Waals surface area contributed by atoms with Gasteiger partial charge in [-0.2, -0.15) is 0 Å². The molecule has 3 fully saturated rings. The van der Waals surface area contributed by atoms with Crippen molar-refractivity contribution in [1.82, 2.24) is 0 Å². The third kappa shape index (κ3) is 3.43. The van der Waals surface area contributed by atoms with Gasteiger partial charge in [0.15, 0.2) is 24.0 Å². The highest BCUT2D eigenvalue weighted by Crippen LogP contribution is 2.44. The number of amides is 1. The van der Waals surface area contributed by atoms with Crippen molar-refractivity contribution in [2.24, 2.45) is 0 Å². The van der Waals surface area contributed by atoms with Gasteiger partial charge in [0.05, 0.1) is 12.8 Å². The zero-order chi connectivity index (χ0) is 19.4. The Balaban J connectivity index is 1.59. The van der Waals surface area contributed by atoms with Gasteiger partial charge in [0, 0.05) is 0 Å². The minimum atomic E-state index is -0.916. The first kappa shape index (κ1) is 18.6. The van der Waals surface area contributed by atoms with Crippen LogP contribution in [0.4, 0.5) is 5.69 Å². The van der Waals surface area contributed by atoms with Crippen LogP contribution in [0.5, 0.6) is 5.75 Å². The number of fused-ring (bicyclic) bond motifs is 3. The second kappa shape index (κ2) is 6.42. The highest BCUT2D eigenvalue weighted by molar-refractivity contribution is 5.96. The van der Waals surface area contributed by atoms with Gasteiger partial charge in [0.1, 0.15) is 24.1 Å². The molecule has 148 valence electrons. The maximum absolute atomic E-state index is 13.0. The van der Waals surface area contributed by atoms with Gasteiger partial charge >= 0.3 is 0 Å². The average molecular weight is 379 g/mol. The van der Waals surface area contributed by atoms with E-state index in [-0.39, 0.29) is 5.91 Å². The minimum absolute atomic E-state index is 0.359. The molecule has 5 atom stereocenters. The Kier molecular flexibility index (Phi) is 4.44. The Labute approximate surface area is 158 Å². The van der Waals surface area contributed by atoms with Crippen LogP contribution in [0.15, 0.2) is 24.3 Å². The van der Waals surface area contributed by atoms with Crippen LogP contribution < -0.4 is 10.1 Å². The molecule has 3 aliphatic heterocycles. The summed E-state index contributed by atoms with van der Waals surface area (Å²) in [5, 5.41) is 2.85. The van der Waals surface area contributed by atoms with Gasteiger partial charge in [0.2, 0.25) is 0 Å². The van der Waals surface area contributed by atoms with Crippen LogP contribution in [-0.2, 0) is 28.5 Å². The normalized spacial score (nSPS) is 36.0. The number of ether oxygens (including phenoxy) is 6. The summed E-state index contributed by atoms with van der Waals surface area (Å²) in [5.41, 5.74) is 0.550. The van der Waals surface area contributed by atoms with Crippen molar-refractivity contribution in [1.29, 1.82) is 0 Å². The molecule has 0 bridgehead atoms. The fourth-order valence-corrected chi connectivity index (χ4v) is 3.78. The molecule has 0 saturated carbocycles. The number of rotatable bonds is 3. The van der Waals surface area contributed by atoms with E-state index in [9.17, 15) is 4.79 Å². The van der Waals surface area contributed by atoms with Gasteiger partial charge in [-0.1, -0.05) is 12.1 Å². The summed E-state index contributed by atoms with van der Waals surface area (Å²) >= 11 is 0. The van der Waals surface area contributed by atoms with Crippen molar-refractivity contribution in [3.8, 4) is 5.75 Å². The van der Waals surface area contributed by atoms with Crippen LogP contribution in [0.2, 0.25) is 0 Å². The van der Waals surface area contributed by atoms with Crippen molar-refractivity contribution in [2.75, 3.05) is 12.4 Å². The third-order valence-electron chi connectivity index (χ3n) is 4.78. The number of nitrogens with one attached hydrogen (secondary N) is 1. The first-order valence-corrected chi connectivity index (χ1v) is 9.00. The zero-order valence-electron chi connectivity index (χ0n) is 16.1. The Bertz CT molecular complexity index is 735. The lowest BCUT2D eigenvalue weighted by atomic mass is 9.98. The van der Waals surface area contributed by atoms with E-state index in [1.54, 1.807) is 46.9 Å². The lowest BCUT2D eigenvalue weighted by Gasteiger charge is -2.36. The number of para-hydroxylation sites is 2. The number of carbonyl (C=O) groups excluding carboxylic acids is 1. The van der Waals surface area contributed by atoms with E-state index in [1.165, 1.54) is 0 Å². The highest BCUT2D eigenvalue weighted by Gasteiger charge is 2.62. The van der Waals surface area contributed by atoms with Crippen molar-refractivity contribution in [2.45, 2.75) is 70.0 Å². The van der Waals surface area contributed by atoms with Crippen LogP contribution in [0, 0.1) is 0 Å². The molecule has 3 aliphatic rings. The summed E-state index contributed by atoms with van der Waals surface area (Å²) in [4.78, 5) is 13.0. The molecule has 0 aliphatic carbocycles. The van der Waals surface area contributed by atoms with Crippen LogP contribution in [0.25, 0.3) is 0 Å². The second-order valence-corrected chi connectivity index (χ2v) is 7.78. The van der Waals surface area contributed by atoms with E-state index in [4.69, 9.17) is 28.4 Å². The molecule has 27 heavy (non-hydrogen) atoms. The van der Waals surface area contributed by atoms with Gasteiger partial charge in [0.25, 0.3) is 5.91 Å². The van der Waals surface area contributed by atoms with E-state index in [2.05, 4.69) is 5.32 Å². The van der Waals surface area contributed by atoms with Gasteiger partial charge in [-0.25, -0.2) is 0 Å². The maximum Gasteiger partial charge on any atom is 0.256 e. The molecule has 0 spiro atoms. The Morgan fingerprint density at radius 3 is 2.33 bits per heavy atom. The molecule has 8 heteroatoms. The summed E-state index contributed by atoms with van der Waals surface area (Å²) in [7, 11) is 1.55. The van der Waals surface area contributed by atoms with Crippen molar-refractivity contribution < 1.29 is 33.2 Å². The van der Waals surface area contributed by atoms with Crippen molar-refractivity contribution in [3.63, 3.8) is 0 Å². The van der Waals surface area contributed by atoms with E-state index in [0.717, 1.165) is 0 Å². The summed E-state index contributed by atoms with van der Waals surface area (Å²) in [5.74, 6) is -1.49. The second-order valence-electron chi connectivity index (χ2n) is 7.78. The monoisotopic (exact) mass is 379 g/mol. The molecule has 1 N–H and O–H groups in total. The molecule has 0 radical (unpaired) electrons. The van der Waals surface area contributed by atoms with E-state index in [0.29, 0.717) is 11.4 Å². The van der Waals surface area contributed by atoms with Gasteiger partial charge < -0.3 is 33.7 Å². The summed E-state index contributed by atoms with van der Waals surface area (Å²) < 4.78 is 35.0. The van der Waals surface area contributed by atoms with Crippen LogP contribution >= 0.6 is 0 Å². The number of carbonyl (C=O) groups is 1. The summed E-state index contributed by atoms with van der Waals surface area (Å²) in [6.45, 7) is 7.20. The predicted octanol–water partition coefficient (Wildman–Crippen LogP) is 2.03. The van der Waals surface area contributed by atoms with E-state index < -0.39 is 42.3 Å². The summed E-state index contributed by atoms with van der Waals surface area (Å²) in [6.07, 6.45) is -3.20. The molecule has 1 aromatic rings. The lowest BCUT2D eigenvalue weighted by Crippen LogP contribution is -2.58. The number of anilines is 1. The number of methoxy groups -OCH3 is 1. The number of benzene rings is 1. The quantitative estimate of drug-likeness (QED) is 0.860. The number of hydrogen-bond donors (Lipinski definition) is 1. The first-order chi connectivity index (χ1) is 12.7. The van der Waals surface area contributed by atoms with Crippen LogP contribution in [0.3, 0.4) is 0 Å². The van der Waals surface area contributed by atoms with Crippen LogP contribution in [-0.4, -0.2) is 55.3 Å². The minimum Gasteiger partial charge on any atom is -0.495 e. The van der Waals surface area contributed by atoms with Crippen molar-refractivity contribution in [3.05, 3.63) is 24.3 Å². The maximum atomic E-state index is 13.0. The fraction of sp³-hybridized carbons (Fsp3) is 0.632. The standard InChI is InChI=1S/C19H25NO7/c1-18(2)24-12-13(25-18)15-17(27-19(3,4)26-15)23-14(12)16(21)20-10-8-6-7-9-11(10)22-5/h6-9,12-15,17H,1-5H3,(H,20,21)/t12-,13-,14+,15-,17+/m1/s1. The Hall–Kier alpha value is -1.71. The Morgan fingerprint density at radius 2 is 1.59 bits per heavy atom. The fourth-order valence-electron chi connectivity index (χ4n) is 3.78. The molecule has 8 nitrogen and oxygen atoms in total. The van der Waals surface area contributed by atoms with Gasteiger partial charge in [-0.05, 0) is 39.8 Å². The highest BCUT2D eigenvalue weighted by atomic mass is 16.9. The summed E-state index contributed by atoms with van der Waals surface area (Å²) in [6, 6.07) is 7.17.